The van der Waals surface area contributed by atoms with Gasteiger partial charge in [0.05, 0.1) is 5.56 Å². The Hall–Kier alpha value is -2.03. The van der Waals surface area contributed by atoms with E-state index in [4.69, 9.17) is 11.0 Å². The first-order chi connectivity index (χ1) is 10.0. The molecule has 5 heteroatoms. The molecule has 0 aliphatic rings. The molecule has 0 aromatic heterocycles. The number of hydrogen-bond donors (Lipinski definition) is 1. The first-order valence-corrected chi connectivity index (χ1v) is 7.22. The number of nitriles is 1. The predicted octanol–water partition coefficient (Wildman–Crippen LogP) is 3.49. The molecule has 0 saturated heterocycles. The van der Waals surface area contributed by atoms with Crippen LogP contribution in [0.3, 0.4) is 0 Å². The van der Waals surface area contributed by atoms with Crippen molar-refractivity contribution in [2.75, 3.05) is 19.8 Å². The third-order valence-corrected chi connectivity index (χ3v) is 4.09. The normalized spacial score (nSPS) is 10.6. The summed E-state index contributed by atoms with van der Waals surface area (Å²) in [5, 5.41) is 8.97. The fourth-order valence-corrected chi connectivity index (χ4v) is 2.92. The van der Waals surface area contributed by atoms with E-state index in [-0.39, 0.29) is 5.56 Å². The summed E-state index contributed by atoms with van der Waals surface area (Å²) in [7, 11) is 3.86. The van der Waals surface area contributed by atoms with E-state index in [0.717, 1.165) is 15.4 Å². The first kappa shape index (κ1) is 15.4. The molecule has 0 unspecified atom stereocenters. The predicted molar refractivity (Wildman–Crippen MR) is 83.5 cm³/mol. The number of nitrogens with two attached hydrogens (primary N) is 1. The second-order valence-electron chi connectivity index (χ2n) is 4.93. The quantitative estimate of drug-likeness (QED) is 0.878. The largest absolute Gasteiger partial charge is 0.398 e. The second kappa shape index (κ2) is 6.61. The van der Waals surface area contributed by atoms with E-state index in [9.17, 15) is 4.39 Å². The van der Waals surface area contributed by atoms with Crippen LogP contribution in [-0.2, 0) is 6.54 Å². The van der Waals surface area contributed by atoms with Gasteiger partial charge in [0.2, 0.25) is 0 Å². The van der Waals surface area contributed by atoms with E-state index in [0.29, 0.717) is 12.2 Å². The molecule has 2 rings (SSSR count). The highest BCUT2D eigenvalue weighted by Crippen LogP contribution is 2.35. The SMILES string of the molecule is CN(C)Cc1cc(C#N)c(F)cc1Sc1ccccc1N. The van der Waals surface area contributed by atoms with Crippen LogP contribution in [-0.4, -0.2) is 19.0 Å². The molecule has 0 atom stereocenters. The van der Waals surface area contributed by atoms with Gasteiger partial charge < -0.3 is 10.6 Å². The smallest absolute Gasteiger partial charge is 0.142 e. The number of anilines is 1. The van der Waals surface area contributed by atoms with E-state index in [2.05, 4.69) is 0 Å². The maximum Gasteiger partial charge on any atom is 0.142 e. The van der Waals surface area contributed by atoms with Gasteiger partial charge in [-0.25, -0.2) is 4.39 Å². The van der Waals surface area contributed by atoms with Gasteiger partial charge in [-0.05, 0) is 43.9 Å². The van der Waals surface area contributed by atoms with Crippen LogP contribution in [0.4, 0.5) is 10.1 Å². The lowest BCUT2D eigenvalue weighted by atomic mass is 10.1. The van der Waals surface area contributed by atoms with Gasteiger partial charge in [-0.3, -0.25) is 0 Å². The number of hydrogen-bond acceptors (Lipinski definition) is 4. The zero-order valence-electron chi connectivity index (χ0n) is 11.9. The summed E-state index contributed by atoms with van der Waals surface area (Å²) in [6.07, 6.45) is 0. The minimum absolute atomic E-state index is 0.0669. The summed E-state index contributed by atoms with van der Waals surface area (Å²) in [5.74, 6) is -0.503. The van der Waals surface area contributed by atoms with Crippen LogP contribution in [0.15, 0.2) is 46.2 Å². The molecule has 21 heavy (non-hydrogen) atoms. The summed E-state index contributed by atoms with van der Waals surface area (Å²) >= 11 is 1.42. The number of para-hydroxylation sites is 1. The number of halogens is 1. The molecule has 2 aromatic carbocycles. The highest BCUT2D eigenvalue weighted by molar-refractivity contribution is 7.99. The molecule has 0 bridgehead atoms. The van der Waals surface area contributed by atoms with Crippen LogP contribution < -0.4 is 5.73 Å². The molecule has 0 spiro atoms. The monoisotopic (exact) mass is 301 g/mol. The van der Waals surface area contributed by atoms with Gasteiger partial charge in [0.15, 0.2) is 0 Å². The van der Waals surface area contributed by atoms with Crippen molar-refractivity contribution in [3.8, 4) is 6.07 Å². The third kappa shape index (κ3) is 3.75. The molecule has 3 nitrogen and oxygen atoms in total. The fourth-order valence-electron chi connectivity index (χ4n) is 1.94. The minimum Gasteiger partial charge on any atom is -0.398 e. The van der Waals surface area contributed by atoms with E-state index >= 15 is 0 Å². The molecule has 108 valence electrons. The van der Waals surface area contributed by atoms with Gasteiger partial charge in [0.25, 0.3) is 0 Å². The number of nitrogen functional groups attached to an aromatic ring is 1. The highest BCUT2D eigenvalue weighted by Gasteiger charge is 2.13. The summed E-state index contributed by atoms with van der Waals surface area (Å²) in [6, 6.07) is 12.4. The molecule has 0 saturated carbocycles. The molecule has 0 heterocycles. The Balaban J connectivity index is 2.44. The van der Waals surface area contributed by atoms with Crippen molar-refractivity contribution in [1.82, 2.24) is 4.90 Å². The van der Waals surface area contributed by atoms with Gasteiger partial charge in [0.1, 0.15) is 11.9 Å². The summed E-state index contributed by atoms with van der Waals surface area (Å²) in [5.41, 5.74) is 7.57. The topological polar surface area (TPSA) is 53.0 Å². The van der Waals surface area contributed by atoms with Crippen molar-refractivity contribution in [2.45, 2.75) is 16.3 Å². The average Bonchev–Trinajstić information content (AvgIpc) is 2.43. The molecular weight excluding hydrogens is 285 g/mol. The number of nitrogens with zero attached hydrogens (tertiary/aromatic N) is 2. The molecule has 0 radical (unpaired) electrons. The molecule has 0 aliphatic carbocycles. The minimum atomic E-state index is -0.503. The Kier molecular flexibility index (Phi) is 4.84. The van der Waals surface area contributed by atoms with Crippen molar-refractivity contribution >= 4 is 17.4 Å². The molecule has 2 aromatic rings. The third-order valence-electron chi connectivity index (χ3n) is 2.90. The second-order valence-corrected chi connectivity index (χ2v) is 6.01. The van der Waals surface area contributed by atoms with Crippen LogP contribution >= 0.6 is 11.8 Å². The van der Waals surface area contributed by atoms with Crippen LogP contribution in [0.1, 0.15) is 11.1 Å². The van der Waals surface area contributed by atoms with Gasteiger partial charge >= 0.3 is 0 Å². The van der Waals surface area contributed by atoms with Crippen molar-refractivity contribution in [3.63, 3.8) is 0 Å². The zero-order chi connectivity index (χ0) is 15.4. The fraction of sp³-hybridized carbons (Fsp3) is 0.188. The Morgan fingerprint density at radius 2 is 1.95 bits per heavy atom. The van der Waals surface area contributed by atoms with Gasteiger partial charge in [-0.2, -0.15) is 5.26 Å². The van der Waals surface area contributed by atoms with Gasteiger partial charge in [-0.15, -0.1) is 0 Å². The Labute approximate surface area is 128 Å². The Morgan fingerprint density at radius 1 is 1.24 bits per heavy atom. The Morgan fingerprint density at radius 3 is 2.57 bits per heavy atom. The lowest BCUT2D eigenvalue weighted by molar-refractivity contribution is 0.398. The standard InChI is InChI=1S/C16H16FN3S/c1-20(2)10-12-7-11(9-18)13(17)8-16(12)21-15-6-4-3-5-14(15)19/h3-8H,10,19H2,1-2H3. The van der Waals surface area contributed by atoms with Crippen molar-refractivity contribution in [2.24, 2.45) is 0 Å². The number of rotatable bonds is 4. The average molecular weight is 301 g/mol. The highest BCUT2D eigenvalue weighted by atomic mass is 32.2. The summed E-state index contributed by atoms with van der Waals surface area (Å²) in [6.45, 7) is 0.629. The molecule has 0 aliphatic heterocycles. The molecular formula is C16H16FN3S. The van der Waals surface area contributed by atoms with E-state index in [1.54, 1.807) is 6.07 Å². The van der Waals surface area contributed by atoms with E-state index < -0.39 is 5.82 Å². The van der Waals surface area contributed by atoms with Crippen LogP contribution in [0.25, 0.3) is 0 Å². The maximum absolute atomic E-state index is 13.9. The van der Waals surface area contributed by atoms with E-state index in [1.165, 1.54) is 17.8 Å². The summed E-state index contributed by atoms with van der Waals surface area (Å²) in [4.78, 5) is 3.63. The Bertz CT molecular complexity index is 692. The number of benzene rings is 2. The lowest BCUT2D eigenvalue weighted by Crippen LogP contribution is -2.12. The lowest BCUT2D eigenvalue weighted by Gasteiger charge is -2.15. The summed E-state index contributed by atoms with van der Waals surface area (Å²) < 4.78 is 13.9. The van der Waals surface area contributed by atoms with Crippen LogP contribution in [0.2, 0.25) is 0 Å². The maximum atomic E-state index is 13.9. The van der Waals surface area contributed by atoms with Gasteiger partial charge in [-0.1, -0.05) is 23.9 Å². The van der Waals surface area contributed by atoms with Crippen LogP contribution in [0.5, 0.6) is 0 Å². The van der Waals surface area contributed by atoms with Gasteiger partial charge in [0, 0.05) is 22.0 Å². The van der Waals surface area contributed by atoms with Crippen molar-refractivity contribution < 1.29 is 4.39 Å². The molecule has 2 N–H and O–H groups in total. The molecule has 0 amide bonds. The molecule has 0 fully saturated rings. The van der Waals surface area contributed by atoms with E-state index in [1.807, 2.05) is 49.3 Å². The van der Waals surface area contributed by atoms with Crippen molar-refractivity contribution in [1.29, 1.82) is 5.26 Å². The zero-order valence-corrected chi connectivity index (χ0v) is 12.7. The van der Waals surface area contributed by atoms with Crippen molar-refractivity contribution in [3.05, 3.63) is 53.3 Å². The first-order valence-electron chi connectivity index (χ1n) is 6.41. The van der Waals surface area contributed by atoms with Crippen LogP contribution in [0, 0.1) is 17.1 Å².